The standard InChI is InChI=1S/2C6H4F3.2ClH.Zr/c2*7-6(8,9)5-3-1-2-4-5;;;/h2*1,3H,2H2;2*1H;/q2*-1;;;+4/p-2. The van der Waals surface area contributed by atoms with Crippen LogP contribution in [-0.4, -0.2) is 12.4 Å². The molecular weight excluding hydrogens is 420 g/mol. The minimum atomic E-state index is -4.20. The second kappa shape index (κ2) is 10.7. The van der Waals surface area contributed by atoms with Crippen LogP contribution in [0.1, 0.15) is 12.8 Å². The molecule has 0 aromatic rings. The van der Waals surface area contributed by atoms with Crippen molar-refractivity contribution in [2.75, 3.05) is 0 Å². The van der Waals surface area contributed by atoms with E-state index in [0.29, 0.717) is 0 Å². The quantitative estimate of drug-likeness (QED) is 0.325. The normalized spacial score (nSPS) is 15.7. The molecule has 0 nitrogen and oxygen atoms in total. The summed E-state index contributed by atoms with van der Waals surface area (Å²) >= 11 is 0. The molecule has 116 valence electrons. The average molecular weight is 428 g/mol. The molecule has 21 heavy (non-hydrogen) atoms. The van der Waals surface area contributed by atoms with Gasteiger partial charge < -0.3 is 24.8 Å². The van der Waals surface area contributed by atoms with Crippen molar-refractivity contribution >= 4 is 0 Å². The smallest absolute Gasteiger partial charge is 1.00 e. The maximum Gasteiger partial charge on any atom is 4.00 e. The molecule has 0 aromatic carbocycles. The van der Waals surface area contributed by atoms with E-state index >= 15 is 0 Å². The maximum atomic E-state index is 11.6. The number of alkyl halides is 6. The molecule has 0 aliphatic heterocycles. The van der Waals surface area contributed by atoms with Gasteiger partial charge in [-0.3, -0.25) is 12.2 Å². The van der Waals surface area contributed by atoms with Gasteiger partial charge in [-0.15, -0.1) is 24.0 Å². The van der Waals surface area contributed by atoms with E-state index < -0.39 is 23.5 Å². The van der Waals surface area contributed by atoms with Crippen LogP contribution >= 0.6 is 0 Å². The summed E-state index contributed by atoms with van der Waals surface area (Å²) in [7, 11) is 0. The van der Waals surface area contributed by atoms with E-state index in [4.69, 9.17) is 0 Å². The molecule has 9 heteroatoms. The summed E-state index contributed by atoms with van der Waals surface area (Å²) < 4.78 is 69.7. The molecule has 0 radical (unpaired) electrons. The minimum Gasteiger partial charge on any atom is -1.00 e. The van der Waals surface area contributed by atoms with Gasteiger partial charge in [0.25, 0.3) is 0 Å². The molecule has 0 spiro atoms. The molecule has 2 rings (SSSR count). The zero-order valence-corrected chi connectivity index (χ0v) is 14.2. The molecule has 0 aromatic heterocycles. The van der Waals surface area contributed by atoms with Crippen molar-refractivity contribution in [3.05, 3.63) is 47.6 Å². The summed E-state index contributed by atoms with van der Waals surface area (Å²) in [5, 5.41) is 0. The third-order valence-electron chi connectivity index (χ3n) is 2.00. The van der Waals surface area contributed by atoms with Crippen LogP contribution in [0, 0.1) is 12.2 Å². The summed E-state index contributed by atoms with van der Waals surface area (Å²) in [5.74, 6) is 0. The summed E-state index contributed by atoms with van der Waals surface area (Å²) in [6, 6.07) is 0. The Morgan fingerprint density at radius 1 is 0.714 bits per heavy atom. The fourth-order valence-electron chi connectivity index (χ4n) is 1.20. The number of rotatable bonds is 0. The van der Waals surface area contributed by atoms with E-state index in [2.05, 4.69) is 12.2 Å². The van der Waals surface area contributed by atoms with Crippen molar-refractivity contribution in [1.29, 1.82) is 0 Å². The molecule has 2 aliphatic carbocycles. The van der Waals surface area contributed by atoms with Crippen molar-refractivity contribution in [1.82, 2.24) is 0 Å². The third-order valence-corrected chi connectivity index (χ3v) is 2.00. The molecule has 0 saturated carbocycles. The van der Waals surface area contributed by atoms with Gasteiger partial charge in [0.15, 0.2) is 0 Å². The van der Waals surface area contributed by atoms with Gasteiger partial charge in [0.05, 0.1) is 0 Å². The van der Waals surface area contributed by atoms with Gasteiger partial charge in [-0.1, -0.05) is 0 Å². The van der Waals surface area contributed by atoms with Crippen LogP contribution in [0.3, 0.4) is 0 Å². The molecule has 0 saturated heterocycles. The van der Waals surface area contributed by atoms with Gasteiger partial charge in [-0.05, 0) is 0 Å². The fourth-order valence-corrected chi connectivity index (χ4v) is 1.20. The molecule has 0 fully saturated rings. The summed E-state index contributed by atoms with van der Waals surface area (Å²) in [6.07, 6.45) is 1.47. The van der Waals surface area contributed by atoms with Crippen LogP contribution in [0.2, 0.25) is 0 Å². The van der Waals surface area contributed by atoms with E-state index in [9.17, 15) is 26.3 Å². The number of allylic oxidation sites excluding steroid dienone is 8. The molecule has 0 atom stereocenters. The van der Waals surface area contributed by atoms with E-state index in [1.165, 1.54) is 12.2 Å². The molecule has 0 bridgehead atoms. The van der Waals surface area contributed by atoms with Gasteiger partial charge in [0.1, 0.15) is 0 Å². The van der Waals surface area contributed by atoms with Crippen LogP contribution in [0.4, 0.5) is 26.3 Å². The van der Waals surface area contributed by atoms with Gasteiger partial charge >= 0.3 is 38.6 Å². The second-order valence-electron chi connectivity index (χ2n) is 3.39. The van der Waals surface area contributed by atoms with Crippen LogP contribution < -0.4 is 24.8 Å². The van der Waals surface area contributed by atoms with E-state index in [-0.39, 0.29) is 63.9 Å². The number of halogens is 8. The Labute approximate surface area is 150 Å². The summed E-state index contributed by atoms with van der Waals surface area (Å²) in [6.45, 7) is 0. The van der Waals surface area contributed by atoms with Gasteiger partial charge in [-0.2, -0.15) is 38.5 Å². The number of hydrogen-bond acceptors (Lipinski definition) is 0. The number of hydrogen-bond donors (Lipinski definition) is 0. The van der Waals surface area contributed by atoms with Gasteiger partial charge in [-0.25, -0.2) is 12.2 Å². The zero-order chi connectivity index (χ0) is 13.8. The van der Waals surface area contributed by atoms with Crippen LogP contribution in [0.25, 0.3) is 0 Å². The molecule has 0 unspecified atom stereocenters. The first kappa shape index (κ1) is 25.9. The van der Waals surface area contributed by atoms with Gasteiger partial charge in [0.2, 0.25) is 0 Å². The Morgan fingerprint density at radius 2 is 1.00 bits per heavy atom. The summed E-state index contributed by atoms with van der Waals surface area (Å²) in [5.41, 5.74) is -1.30. The average Bonchev–Trinajstić information content (AvgIpc) is 2.91. The Balaban J connectivity index is -0.000000270. The molecule has 0 heterocycles. The van der Waals surface area contributed by atoms with Crippen molar-refractivity contribution in [3.63, 3.8) is 0 Å². The predicted octanol–water partition coefficient (Wildman–Crippen LogP) is -1.52. The van der Waals surface area contributed by atoms with Crippen molar-refractivity contribution in [2.45, 2.75) is 25.2 Å². The topological polar surface area (TPSA) is 0 Å². The van der Waals surface area contributed by atoms with Gasteiger partial charge in [0, 0.05) is 0 Å². The second-order valence-corrected chi connectivity index (χ2v) is 3.39. The Hall–Kier alpha value is 0.00312. The Kier molecular flexibility index (Phi) is 13.2. The summed E-state index contributed by atoms with van der Waals surface area (Å²) in [4.78, 5) is 0. The Bertz CT molecular complexity index is 378. The first-order valence-corrected chi connectivity index (χ1v) is 4.90. The third kappa shape index (κ3) is 9.59. The fraction of sp³-hybridized carbons (Fsp3) is 0.333. The minimum absolute atomic E-state index is 0. The monoisotopic (exact) mass is 426 g/mol. The molecule has 0 N–H and O–H groups in total. The van der Waals surface area contributed by atoms with E-state index in [1.807, 2.05) is 0 Å². The predicted molar refractivity (Wildman–Crippen MR) is 53.1 cm³/mol. The van der Waals surface area contributed by atoms with Crippen molar-refractivity contribution in [3.8, 4) is 0 Å². The van der Waals surface area contributed by atoms with E-state index in [1.54, 1.807) is 0 Å². The van der Waals surface area contributed by atoms with Crippen LogP contribution in [0.15, 0.2) is 35.5 Å². The van der Waals surface area contributed by atoms with Crippen molar-refractivity contribution < 1.29 is 77.4 Å². The van der Waals surface area contributed by atoms with Crippen molar-refractivity contribution in [2.24, 2.45) is 0 Å². The van der Waals surface area contributed by atoms with Crippen LogP contribution in [0.5, 0.6) is 0 Å². The largest absolute Gasteiger partial charge is 4.00 e. The first-order chi connectivity index (χ1) is 8.21. The molecule has 0 amide bonds. The molecule has 2 aliphatic rings. The Morgan fingerprint density at radius 3 is 1.10 bits per heavy atom. The first-order valence-electron chi connectivity index (χ1n) is 4.90. The van der Waals surface area contributed by atoms with E-state index in [0.717, 1.165) is 12.2 Å². The maximum absolute atomic E-state index is 11.6. The van der Waals surface area contributed by atoms with Crippen LogP contribution in [-0.2, 0) is 26.2 Å². The molecular formula is C12H8Cl2F6Zr. The SMILES string of the molecule is FC(F)(F)C1=[C-]CC=C1.FC(F)(F)C1=[C-]CC=C1.[Cl-].[Cl-].[Zr+4]. The zero-order valence-electron chi connectivity index (χ0n) is 10.2.